The number of hydrogen-bond acceptors (Lipinski definition) is 2. The van der Waals surface area contributed by atoms with Gasteiger partial charge in [-0.3, -0.25) is 4.90 Å². The second-order valence-corrected chi connectivity index (χ2v) is 7.69. The third-order valence-electron chi connectivity index (χ3n) is 4.94. The first-order valence-corrected chi connectivity index (χ1v) is 8.37. The van der Waals surface area contributed by atoms with Crippen molar-refractivity contribution in [1.29, 1.82) is 0 Å². The first-order chi connectivity index (χ1) is 9.82. The normalized spacial score (nSPS) is 20.8. The lowest BCUT2D eigenvalue weighted by Crippen LogP contribution is -2.43. The van der Waals surface area contributed by atoms with Gasteiger partial charge in [0, 0.05) is 19.1 Å². The Bertz CT molecular complexity index is 462. The van der Waals surface area contributed by atoms with E-state index >= 15 is 0 Å². The summed E-state index contributed by atoms with van der Waals surface area (Å²) in [6.07, 6.45) is 3.91. The maximum absolute atomic E-state index is 5.96. The Balaban J connectivity index is 2.24. The van der Waals surface area contributed by atoms with Gasteiger partial charge in [0.2, 0.25) is 0 Å². The van der Waals surface area contributed by atoms with E-state index in [1.54, 1.807) is 0 Å². The fraction of sp³-hybridized carbons (Fsp3) is 0.684. The lowest BCUT2D eigenvalue weighted by Gasteiger charge is -2.36. The summed E-state index contributed by atoms with van der Waals surface area (Å²) >= 11 is 0. The maximum atomic E-state index is 5.96. The molecular formula is C19H32N2. The van der Waals surface area contributed by atoms with Crippen LogP contribution in [0.4, 0.5) is 0 Å². The zero-order chi connectivity index (χ0) is 15.6. The minimum Gasteiger partial charge on any atom is -0.329 e. The molecule has 118 valence electrons. The van der Waals surface area contributed by atoms with E-state index in [0.717, 1.165) is 13.1 Å². The molecule has 1 atom stereocenters. The van der Waals surface area contributed by atoms with Crippen LogP contribution in [0.25, 0.3) is 0 Å². The monoisotopic (exact) mass is 288 g/mol. The fourth-order valence-electron chi connectivity index (χ4n) is 3.41. The number of aryl methyl sites for hydroxylation is 2. The second-order valence-electron chi connectivity index (χ2n) is 7.69. The van der Waals surface area contributed by atoms with Crippen molar-refractivity contribution in [3.63, 3.8) is 0 Å². The highest BCUT2D eigenvalue weighted by Gasteiger charge is 2.23. The van der Waals surface area contributed by atoms with E-state index in [-0.39, 0.29) is 5.41 Å². The quantitative estimate of drug-likeness (QED) is 0.913. The largest absolute Gasteiger partial charge is 0.329 e. The summed E-state index contributed by atoms with van der Waals surface area (Å²) in [6.45, 7) is 14.4. The summed E-state index contributed by atoms with van der Waals surface area (Å²) in [7, 11) is 0. The van der Waals surface area contributed by atoms with Crippen LogP contribution in [-0.4, -0.2) is 24.0 Å². The Morgan fingerprint density at radius 1 is 1.14 bits per heavy atom. The third-order valence-corrected chi connectivity index (χ3v) is 4.94. The molecular weight excluding hydrogens is 256 g/mol. The Hall–Kier alpha value is -0.860. The summed E-state index contributed by atoms with van der Waals surface area (Å²) < 4.78 is 0. The summed E-state index contributed by atoms with van der Waals surface area (Å²) in [5.41, 5.74) is 12.0. The van der Waals surface area contributed by atoms with E-state index in [9.17, 15) is 0 Å². The van der Waals surface area contributed by atoms with Gasteiger partial charge >= 0.3 is 0 Å². The van der Waals surface area contributed by atoms with Crippen molar-refractivity contribution in [3.05, 3.63) is 34.4 Å². The van der Waals surface area contributed by atoms with Crippen molar-refractivity contribution in [2.75, 3.05) is 13.1 Å². The number of benzene rings is 1. The zero-order valence-electron chi connectivity index (χ0n) is 14.5. The molecule has 2 N–H and O–H groups in total. The number of nitrogens with zero attached hydrogens (tertiary/aromatic N) is 1. The Kier molecular flexibility index (Phi) is 5.11. The average Bonchev–Trinajstić information content (AvgIpc) is 2.42. The van der Waals surface area contributed by atoms with E-state index in [2.05, 4.69) is 51.7 Å². The topological polar surface area (TPSA) is 29.3 Å². The Morgan fingerprint density at radius 2 is 1.76 bits per heavy atom. The van der Waals surface area contributed by atoms with Gasteiger partial charge < -0.3 is 5.73 Å². The SMILES string of the molecule is Cc1cc(C(C)(C)C)cc(C)c1CN1CCCCC1CN. The number of likely N-dealkylation sites (tertiary alicyclic amines) is 1. The van der Waals surface area contributed by atoms with Crippen LogP contribution in [0.1, 0.15) is 62.3 Å². The van der Waals surface area contributed by atoms with Crippen LogP contribution in [0, 0.1) is 13.8 Å². The molecule has 2 nitrogen and oxygen atoms in total. The number of piperidine rings is 1. The molecule has 21 heavy (non-hydrogen) atoms. The van der Waals surface area contributed by atoms with Crippen LogP contribution in [0.5, 0.6) is 0 Å². The third kappa shape index (κ3) is 3.87. The number of hydrogen-bond donors (Lipinski definition) is 1. The van der Waals surface area contributed by atoms with E-state index in [4.69, 9.17) is 5.73 Å². The summed E-state index contributed by atoms with van der Waals surface area (Å²) in [6, 6.07) is 5.33. The molecule has 0 bridgehead atoms. The molecule has 1 aromatic carbocycles. The van der Waals surface area contributed by atoms with Crippen LogP contribution < -0.4 is 5.73 Å². The second kappa shape index (κ2) is 6.50. The van der Waals surface area contributed by atoms with Crippen molar-refractivity contribution in [2.45, 2.75) is 71.9 Å². The van der Waals surface area contributed by atoms with Crippen molar-refractivity contribution in [3.8, 4) is 0 Å². The molecule has 1 heterocycles. The van der Waals surface area contributed by atoms with Crippen LogP contribution >= 0.6 is 0 Å². The van der Waals surface area contributed by atoms with E-state index < -0.39 is 0 Å². The van der Waals surface area contributed by atoms with E-state index in [1.807, 2.05) is 0 Å². The van der Waals surface area contributed by atoms with Gasteiger partial charge in [-0.05, 0) is 60.9 Å². The van der Waals surface area contributed by atoms with Crippen LogP contribution in [0.3, 0.4) is 0 Å². The van der Waals surface area contributed by atoms with Crippen molar-refractivity contribution < 1.29 is 0 Å². The molecule has 1 aromatic rings. The highest BCUT2D eigenvalue weighted by atomic mass is 15.2. The molecule has 0 amide bonds. The molecule has 0 spiro atoms. The molecule has 0 saturated carbocycles. The maximum Gasteiger partial charge on any atom is 0.0242 e. The molecule has 2 heteroatoms. The standard InChI is InChI=1S/C19H32N2/c1-14-10-16(19(3,4)5)11-15(2)18(14)13-21-9-7-6-8-17(21)12-20/h10-11,17H,6-9,12-13,20H2,1-5H3. The fourth-order valence-corrected chi connectivity index (χ4v) is 3.41. The first-order valence-electron chi connectivity index (χ1n) is 8.37. The first kappa shape index (κ1) is 16.5. The average molecular weight is 288 g/mol. The molecule has 0 radical (unpaired) electrons. The molecule has 1 fully saturated rings. The Labute approximate surface area is 130 Å². The number of rotatable bonds is 3. The highest BCUT2D eigenvalue weighted by molar-refractivity contribution is 5.40. The van der Waals surface area contributed by atoms with Crippen LogP contribution in [0.15, 0.2) is 12.1 Å². The summed E-state index contributed by atoms with van der Waals surface area (Å²) in [5.74, 6) is 0. The van der Waals surface area contributed by atoms with Gasteiger partial charge in [-0.15, -0.1) is 0 Å². The summed E-state index contributed by atoms with van der Waals surface area (Å²) in [5, 5.41) is 0. The molecule has 1 saturated heterocycles. The van der Waals surface area contributed by atoms with Crippen LogP contribution in [-0.2, 0) is 12.0 Å². The minimum atomic E-state index is 0.221. The molecule has 1 unspecified atom stereocenters. The lowest BCUT2D eigenvalue weighted by atomic mass is 9.83. The van der Waals surface area contributed by atoms with Gasteiger partial charge in [0.15, 0.2) is 0 Å². The van der Waals surface area contributed by atoms with E-state index in [0.29, 0.717) is 6.04 Å². The van der Waals surface area contributed by atoms with Crippen molar-refractivity contribution in [2.24, 2.45) is 5.73 Å². The van der Waals surface area contributed by atoms with Gasteiger partial charge in [0.25, 0.3) is 0 Å². The molecule has 2 rings (SSSR count). The van der Waals surface area contributed by atoms with Gasteiger partial charge in [-0.1, -0.05) is 39.3 Å². The van der Waals surface area contributed by atoms with Crippen LogP contribution in [0.2, 0.25) is 0 Å². The molecule has 1 aliphatic rings. The van der Waals surface area contributed by atoms with Gasteiger partial charge in [0.05, 0.1) is 0 Å². The van der Waals surface area contributed by atoms with E-state index in [1.165, 1.54) is 48.1 Å². The summed E-state index contributed by atoms with van der Waals surface area (Å²) in [4.78, 5) is 2.59. The highest BCUT2D eigenvalue weighted by Crippen LogP contribution is 2.28. The smallest absolute Gasteiger partial charge is 0.0242 e. The van der Waals surface area contributed by atoms with Crippen molar-refractivity contribution in [1.82, 2.24) is 4.90 Å². The Morgan fingerprint density at radius 3 is 2.29 bits per heavy atom. The molecule has 0 aromatic heterocycles. The molecule has 1 aliphatic heterocycles. The predicted octanol–water partition coefficient (Wildman–Crippen LogP) is 3.91. The molecule has 0 aliphatic carbocycles. The van der Waals surface area contributed by atoms with Crippen molar-refractivity contribution >= 4 is 0 Å². The van der Waals surface area contributed by atoms with Gasteiger partial charge in [0.1, 0.15) is 0 Å². The van der Waals surface area contributed by atoms with Gasteiger partial charge in [-0.2, -0.15) is 0 Å². The lowest BCUT2D eigenvalue weighted by molar-refractivity contribution is 0.144. The van der Waals surface area contributed by atoms with Gasteiger partial charge in [-0.25, -0.2) is 0 Å². The zero-order valence-corrected chi connectivity index (χ0v) is 14.5. The number of nitrogens with two attached hydrogens (primary N) is 1. The minimum absolute atomic E-state index is 0.221. The predicted molar refractivity (Wildman–Crippen MR) is 91.7 cm³/mol.